The summed E-state index contributed by atoms with van der Waals surface area (Å²) < 4.78 is 58.4. The van der Waals surface area contributed by atoms with E-state index in [0.717, 1.165) is 23.1 Å². The first-order valence-electron chi connectivity index (χ1n) is 11.9. The van der Waals surface area contributed by atoms with Crippen molar-refractivity contribution in [3.8, 4) is 17.2 Å². The molecule has 4 heterocycles. The van der Waals surface area contributed by atoms with Crippen LogP contribution >= 0.6 is 0 Å². The molecule has 6 rings (SSSR count). The highest BCUT2D eigenvalue weighted by molar-refractivity contribution is 6.04. The van der Waals surface area contributed by atoms with Gasteiger partial charge in [-0.15, -0.1) is 0 Å². The molecule has 1 N–H and O–H groups in total. The monoisotopic (exact) mass is 510 g/mol. The number of hydrogen-bond donors (Lipinski definition) is 1. The molecule has 1 aromatic carbocycles. The lowest BCUT2D eigenvalue weighted by Gasteiger charge is -2.19. The number of aryl methyl sites for hydroxylation is 2. The van der Waals surface area contributed by atoms with E-state index in [9.17, 15) is 22.4 Å². The van der Waals surface area contributed by atoms with E-state index in [1.165, 1.54) is 30.5 Å². The highest BCUT2D eigenvalue weighted by Gasteiger charge is 2.45. The van der Waals surface area contributed by atoms with E-state index in [4.69, 9.17) is 0 Å². The maximum Gasteiger partial charge on any atom is 0.409 e. The summed E-state index contributed by atoms with van der Waals surface area (Å²) in [5.74, 6) is -0.835. The number of aromatic nitrogens is 5. The molecule has 190 valence electrons. The topological polar surface area (TPSA) is 77.6 Å². The van der Waals surface area contributed by atoms with Crippen LogP contribution in [0.3, 0.4) is 0 Å². The molecule has 0 saturated heterocycles. The van der Waals surface area contributed by atoms with E-state index in [2.05, 4.69) is 20.3 Å². The Morgan fingerprint density at radius 3 is 2.70 bits per heavy atom. The van der Waals surface area contributed by atoms with Gasteiger partial charge in [-0.2, -0.15) is 13.2 Å². The average Bonchev–Trinajstić information content (AvgIpc) is 3.23. The minimum absolute atomic E-state index is 0.0567. The Bertz CT molecular complexity index is 1520. The van der Waals surface area contributed by atoms with Crippen molar-refractivity contribution in [3.63, 3.8) is 0 Å². The molecule has 1 aliphatic carbocycles. The van der Waals surface area contributed by atoms with Crippen LogP contribution in [0.15, 0.2) is 49.1 Å². The molecule has 1 aliphatic heterocycles. The summed E-state index contributed by atoms with van der Waals surface area (Å²) in [6.45, 7) is 1.75. The summed E-state index contributed by atoms with van der Waals surface area (Å²) in [5, 5.41) is 2.57. The van der Waals surface area contributed by atoms with Gasteiger partial charge in [-0.05, 0) is 62.4 Å². The fraction of sp³-hybridized carbons (Fsp3) is 0.308. The van der Waals surface area contributed by atoms with Gasteiger partial charge in [-0.1, -0.05) is 6.07 Å². The van der Waals surface area contributed by atoms with Crippen molar-refractivity contribution >= 4 is 11.7 Å². The average molecular weight is 510 g/mol. The number of imidazole rings is 2. The summed E-state index contributed by atoms with van der Waals surface area (Å²) in [4.78, 5) is 25.9. The Balaban J connectivity index is 1.28. The van der Waals surface area contributed by atoms with Gasteiger partial charge in [-0.3, -0.25) is 4.79 Å². The molecule has 0 bridgehead atoms. The molecule has 1 fully saturated rings. The molecule has 7 nitrogen and oxygen atoms in total. The highest BCUT2D eigenvalue weighted by Crippen LogP contribution is 2.42. The zero-order chi connectivity index (χ0) is 25.9. The standard InChI is InChI=1S/C26H22F4N6O/c1-14-9-18(27)17(10-21(14)35-12-20(32-13-35)15-5-6-15)25(37)34-23-4-2-3-19(33-23)24-31-11-16-7-8-22(36(16)24)26(28,29)30/h2-4,9-13,15,22H,5-8H2,1H3,(H,33,34,37). The molecule has 37 heavy (non-hydrogen) atoms. The highest BCUT2D eigenvalue weighted by atomic mass is 19.4. The summed E-state index contributed by atoms with van der Waals surface area (Å²) in [7, 11) is 0. The van der Waals surface area contributed by atoms with Crippen molar-refractivity contribution in [1.82, 2.24) is 24.1 Å². The summed E-state index contributed by atoms with van der Waals surface area (Å²) in [6, 6.07) is 5.63. The predicted octanol–water partition coefficient (Wildman–Crippen LogP) is 5.76. The Kier molecular flexibility index (Phi) is 5.39. The zero-order valence-electron chi connectivity index (χ0n) is 19.8. The molecule has 0 spiro atoms. The van der Waals surface area contributed by atoms with E-state index < -0.39 is 23.9 Å². The van der Waals surface area contributed by atoms with Crippen molar-refractivity contribution < 1.29 is 22.4 Å². The lowest BCUT2D eigenvalue weighted by Crippen LogP contribution is -2.24. The van der Waals surface area contributed by atoms with Gasteiger partial charge in [0.15, 0.2) is 5.82 Å². The summed E-state index contributed by atoms with van der Waals surface area (Å²) in [5.41, 5.74) is 2.70. The summed E-state index contributed by atoms with van der Waals surface area (Å²) in [6.07, 6.45) is 2.94. The Labute approximate surface area is 209 Å². The molecule has 1 atom stereocenters. The van der Waals surface area contributed by atoms with Crippen LogP contribution in [-0.4, -0.2) is 36.2 Å². The fourth-order valence-electron chi connectivity index (χ4n) is 4.83. The van der Waals surface area contributed by atoms with Crippen LogP contribution < -0.4 is 5.32 Å². The maximum absolute atomic E-state index is 14.8. The van der Waals surface area contributed by atoms with Crippen LogP contribution in [0.1, 0.15) is 58.5 Å². The van der Waals surface area contributed by atoms with E-state index in [1.807, 2.05) is 6.20 Å². The van der Waals surface area contributed by atoms with E-state index in [-0.39, 0.29) is 35.7 Å². The van der Waals surface area contributed by atoms with Crippen molar-refractivity contribution in [2.45, 2.75) is 50.7 Å². The molecule has 1 saturated carbocycles. The van der Waals surface area contributed by atoms with Crippen molar-refractivity contribution in [3.05, 3.63) is 77.4 Å². The SMILES string of the molecule is Cc1cc(F)c(C(=O)Nc2cccc(-c3ncc4n3C(C(F)(F)F)CC4)n2)cc1-n1cnc(C2CC2)c1. The number of anilines is 1. The van der Waals surface area contributed by atoms with Crippen LogP contribution in [0.4, 0.5) is 23.4 Å². The fourth-order valence-corrected chi connectivity index (χ4v) is 4.83. The Morgan fingerprint density at radius 2 is 1.95 bits per heavy atom. The lowest BCUT2D eigenvalue weighted by atomic mass is 10.1. The van der Waals surface area contributed by atoms with Gasteiger partial charge in [0.1, 0.15) is 23.4 Å². The number of rotatable bonds is 5. The van der Waals surface area contributed by atoms with Gasteiger partial charge in [0.2, 0.25) is 0 Å². The quantitative estimate of drug-likeness (QED) is 0.347. The van der Waals surface area contributed by atoms with Crippen LogP contribution in [0, 0.1) is 12.7 Å². The number of amides is 1. The third kappa shape index (κ3) is 4.28. The predicted molar refractivity (Wildman–Crippen MR) is 127 cm³/mol. The van der Waals surface area contributed by atoms with Gasteiger partial charge in [-0.25, -0.2) is 19.3 Å². The minimum Gasteiger partial charge on any atom is -0.315 e. The second-order valence-electron chi connectivity index (χ2n) is 9.50. The van der Waals surface area contributed by atoms with Crippen molar-refractivity contribution in [1.29, 1.82) is 0 Å². The number of halogens is 4. The van der Waals surface area contributed by atoms with Crippen LogP contribution in [0.25, 0.3) is 17.2 Å². The van der Waals surface area contributed by atoms with Gasteiger partial charge in [0.25, 0.3) is 5.91 Å². The Morgan fingerprint density at radius 1 is 1.14 bits per heavy atom. The van der Waals surface area contributed by atoms with Crippen LogP contribution in [0.2, 0.25) is 0 Å². The second kappa shape index (κ2) is 8.53. The van der Waals surface area contributed by atoms with E-state index in [0.29, 0.717) is 22.9 Å². The molecule has 4 aromatic rings. The first-order chi connectivity index (χ1) is 17.7. The number of carbonyl (C=O) groups excluding carboxylic acids is 1. The van der Waals surface area contributed by atoms with E-state index >= 15 is 0 Å². The molecule has 11 heteroatoms. The molecule has 1 unspecified atom stereocenters. The Hall–Kier alpha value is -4.02. The number of pyridine rings is 1. The van der Waals surface area contributed by atoms with Gasteiger partial charge in [0, 0.05) is 24.0 Å². The van der Waals surface area contributed by atoms with E-state index in [1.54, 1.807) is 23.9 Å². The van der Waals surface area contributed by atoms with Crippen molar-refractivity contribution in [2.75, 3.05) is 5.32 Å². The van der Waals surface area contributed by atoms with Gasteiger partial charge in [0.05, 0.1) is 23.3 Å². The first-order valence-corrected chi connectivity index (χ1v) is 11.9. The number of carbonyl (C=O) groups is 1. The number of benzene rings is 1. The van der Waals surface area contributed by atoms with Gasteiger partial charge < -0.3 is 14.5 Å². The van der Waals surface area contributed by atoms with Crippen LogP contribution in [-0.2, 0) is 6.42 Å². The number of hydrogen-bond acceptors (Lipinski definition) is 4. The number of alkyl halides is 3. The largest absolute Gasteiger partial charge is 0.409 e. The minimum atomic E-state index is -4.41. The maximum atomic E-state index is 14.8. The van der Waals surface area contributed by atoms with Crippen LogP contribution in [0.5, 0.6) is 0 Å². The van der Waals surface area contributed by atoms with Gasteiger partial charge >= 0.3 is 6.18 Å². The van der Waals surface area contributed by atoms with Crippen molar-refractivity contribution in [2.24, 2.45) is 0 Å². The lowest BCUT2D eigenvalue weighted by molar-refractivity contribution is -0.165. The molecule has 2 aliphatic rings. The number of fused-ring (bicyclic) bond motifs is 1. The molecular formula is C26H22F4N6O. The second-order valence-corrected chi connectivity index (χ2v) is 9.50. The zero-order valence-corrected chi connectivity index (χ0v) is 19.8. The third-order valence-corrected chi connectivity index (χ3v) is 6.86. The molecule has 3 aromatic heterocycles. The molecule has 1 amide bonds. The molecular weight excluding hydrogens is 488 g/mol. The first kappa shape index (κ1) is 23.4. The third-order valence-electron chi connectivity index (χ3n) is 6.86. The normalized spacial score (nSPS) is 17.2. The molecule has 0 radical (unpaired) electrons. The summed E-state index contributed by atoms with van der Waals surface area (Å²) >= 11 is 0. The number of nitrogens with one attached hydrogen (secondary N) is 1. The number of nitrogens with zero attached hydrogens (tertiary/aromatic N) is 5. The smallest absolute Gasteiger partial charge is 0.315 e.